The largest absolute Gasteiger partial charge is 0.344 e. The number of hydrogen-bond donors (Lipinski definition) is 0. The SMILES string of the molecule is O=C(/C=C/c1cccc(Cl)c1)N1CCN(c2nc3cccnc3s2)CC1. The van der Waals surface area contributed by atoms with Crippen molar-refractivity contribution in [1.29, 1.82) is 0 Å². The number of piperazine rings is 1. The van der Waals surface area contributed by atoms with Gasteiger partial charge in [0, 0.05) is 43.5 Å². The van der Waals surface area contributed by atoms with Crippen molar-refractivity contribution in [2.75, 3.05) is 31.1 Å². The molecule has 0 atom stereocenters. The molecule has 3 aromatic rings. The van der Waals surface area contributed by atoms with Gasteiger partial charge in [-0.3, -0.25) is 4.79 Å². The zero-order valence-electron chi connectivity index (χ0n) is 14.0. The van der Waals surface area contributed by atoms with Crippen LogP contribution in [0.4, 0.5) is 5.13 Å². The number of amides is 1. The van der Waals surface area contributed by atoms with Crippen molar-refractivity contribution in [2.24, 2.45) is 0 Å². The van der Waals surface area contributed by atoms with Crippen LogP contribution in [0.5, 0.6) is 0 Å². The smallest absolute Gasteiger partial charge is 0.246 e. The van der Waals surface area contributed by atoms with Crippen LogP contribution in [0.1, 0.15) is 5.56 Å². The molecule has 1 aliphatic rings. The summed E-state index contributed by atoms with van der Waals surface area (Å²) in [7, 11) is 0. The monoisotopic (exact) mass is 384 g/mol. The number of thiazole rings is 1. The number of fused-ring (bicyclic) bond motifs is 1. The van der Waals surface area contributed by atoms with Crippen molar-refractivity contribution in [3.63, 3.8) is 0 Å². The maximum Gasteiger partial charge on any atom is 0.246 e. The van der Waals surface area contributed by atoms with E-state index in [0.29, 0.717) is 18.1 Å². The van der Waals surface area contributed by atoms with Crippen molar-refractivity contribution in [3.05, 3.63) is 59.3 Å². The molecule has 1 saturated heterocycles. The van der Waals surface area contributed by atoms with Gasteiger partial charge in [0.25, 0.3) is 0 Å². The second kappa shape index (κ2) is 7.43. The lowest BCUT2D eigenvalue weighted by atomic mass is 10.2. The number of nitrogens with zero attached hydrogens (tertiary/aromatic N) is 4. The third-order valence-electron chi connectivity index (χ3n) is 4.28. The summed E-state index contributed by atoms with van der Waals surface area (Å²) in [4.78, 5) is 26.4. The molecule has 0 saturated carbocycles. The van der Waals surface area contributed by atoms with E-state index >= 15 is 0 Å². The molecule has 2 aromatic heterocycles. The minimum Gasteiger partial charge on any atom is -0.344 e. The number of carbonyl (C=O) groups excluding carboxylic acids is 1. The molecule has 3 heterocycles. The van der Waals surface area contributed by atoms with E-state index < -0.39 is 0 Å². The highest BCUT2D eigenvalue weighted by Gasteiger charge is 2.22. The normalized spacial score (nSPS) is 15.1. The Morgan fingerprint density at radius 1 is 1.15 bits per heavy atom. The summed E-state index contributed by atoms with van der Waals surface area (Å²) < 4.78 is 0. The quantitative estimate of drug-likeness (QED) is 0.646. The molecule has 1 amide bonds. The third kappa shape index (κ3) is 3.71. The Kier molecular flexibility index (Phi) is 4.86. The van der Waals surface area contributed by atoms with E-state index in [1.807, 2.05) is 41.3 Å². The van der Waals surface area contributed by atoms with Gasteiger partial charge in [-0.05, 0) is 35.9 Å². The average molecular weight is 385 g/mol. The van der Waals surface area contributed by atoms with E-state index in [1.54, 1.807) is 29.7 Å². The fourth-order valence-electron chi connectivity index (χ4n) is 2.89. The van der Waals surface area contributed by atoms with Gasteiger partial charge in [0.1, 0.15) is 10.3 Å². The minimum atomic E-state index is 0.0237. The summed E-state index contributed by atoms with van der Waals surface area (Å²) in [5.74, 6) is 0.0237. The van der Waals surface area contributed by atoms with Gasteiger partial charge in [0.15, 0.2) is 5.13 Å². The molecule has 1 aliphatic heterocycles. The van der Waals surface area contributed by atoms with Crippen LogP contribution < -0.4 is 4.90 Å². The highest BCUT2D eigenvalue weighted by Crippen LogP contribution is 2.27. The third-order valence-corrected chi connectivity index (χ3v) is 5.56. The Balaban J connectivity index is 1.37. The molecule has 0 unspecified atom stereocenters. The van der Waals surface area contributed by atoms with Crippen LogP contribution in [0, 0.1) is 0 Å². The van der Waals surface area contributed by atoms with E-state index in [4.69, 9.17) is 11.6 Å². The Morgan fingerprint density at radius 3 is 2.77 bits per heavy atom. The number of hydrogen-bond acceptors (Lipinski definition) is 5. The van der Waals surface area contributed by atoms with Crippen LogP contribution in [0.3, 0.4) is 0 Å². The van der Waals surface area contributed by atoms with Crippen LogP contribution in [-0.4, -0.2) is 47.0 Å². The predicted molar refractivity (Wildman–Crippen MR) is 107 cm³/mol. The van der Waals surface area contributed by atoms with Crippen molar-refractivity contribution < 1.29 is 4.79 Å². The summed E-state index contributed by atoms with van der Waals surface area (Å²) in [6.07, 6.45) is 5.20. The van der Waals surface area contributed by atoms with Crippen molar-refractivity contribution >= 4 is 50.4 Å². The van der Waals surface area contributed by atoms with Gasteiger partial charge in [-0.25, -0.2) is 9.97 Å². The predicted octanol–water partition coefficient (Wildman–Crippen LogP) is 3.71. The van der Waals surface area contributed by atoms with Crippen LogP contribution in [0.2, 0.25) is 5.02 Å². The van der Waals surface area contributed by atoms with E-state index in [-0.39, 0.29) is 5.91 Å². The first-order valence-electron chi connectivity index (χ1n) is 8.38. The highest BCUT2D eigenvalue weighted by atomic mass is 35.5. The number of aromatic nitrogens is 2. The zero-order chi connectivity index (χ0) is 17.9. The second-order valence-electron chi connectivity index (χ2n) is 6.02. The first kappa shape index (κ1) is 17.0. The summed E-state index contributed by atoms with van der Waals surface area (Å²) in [6.45, 7) is 2.91. The van der Waals surface area contributed by atoms with Crippen LogP contribution >= 0.6 is 22.9 Å². The number of benzene rings is 1. The standard InChI is InChI=1S/C19H17ClN4OS/c20-15-4-1-3-14(13-15)6-7-17(25)23-9-11-24(12-10-23)19-22-16-5-2-8-21-18(16)26-19/h1-8,13H,9-12H2/b7-6+. The summed E-state index contributed by atoms with van der Waals surface area (Å²) in [6, 6.07) is 11.3. The van der Waals surface area contributed by atoms with Gasteiger partial charge in [0.05, 0.1) is 0 Å². The number of halogens is 1. The Labute approximate surface area is 160 Å². The van der Waals surface area contributed by atoms with Crippen LogP contribution in [-0.2, 0) is 4.79 Å². The summed E-state index contributed by atoms with van der Waals surface area (Å²) in [5.41, 5.74) is 1.85. The van der Waals surface area contributed by atoms with E-state index in [1.165, 1.54) is 0 Å². The molecule has 0 bridgehead atoms. The number of anilines is 1. The number of pyridine rings is 1. The van der Waals surface area contributed by atoms with Gasteiger partial charge in [-0.15, -0.1) is 0 Å². The Morgan fingerprint density at radius 2 is 2.00 bits per heavy atom. The molecule has 5 nitrogen and oxygen atoms in total. The second-order valence-corrected chi connectivity index (χ2v) is 7.42. The first-order valence-corrected chi connectivity index (χ1v) is 9.57. The lowest BCUT2D eigenvalue weighted by Crippen LogP contribution is -2.48. The molecule has 1 aromatic carbocycles. The molecule has 132 valence electrons. The molecular weight excluding hydrogens is 368 g/mol. The average Bonchev–Trinajstić information content (AvgIpc) is 3.10. The summed E-state index contributed by atoms with van der Waals surface area (Å²) in [5, 5.41) is 1.64. The molecule has 7 heteroatoms. The molecule has 0 spiro atoms. The molecule has 0 radical (unpaired) electrons. The molecular formula is C19H17ClN4OS. The lowest BCUT2D eigenvalue weighted by Gasteiger charge is -2.34. The Hall–Kier alpha value is -2.44. The zero-order valence-corrected chi connectivity index (χ0v) is 15.6. The van der Waals surface area contributed by atoms with Crippen molar-refractivity contribution in [1.82, 2.24) is 14.9 Å². The van der Waals surface area contributed by atoms with E-state index in [0.717, 1.165) is 34.1 Å². The first-order chi connectivity index (χ1) is 12.7. The fraction of sp³-hybridized carbons (Fsp3) is 0.211. The molecule has 0 N–H and O–H groups in total. The maximum atomic E-state index is 12.4. The number of rotatable bonds is 3. The van der Waals surface area contributed by atoms with Gasteiger partial charge < -0.3 is 9.80 Å². The molecule has 4 rings (SSSR count). The van der Waals surface area contributed by atoms with Gasteiger partial charge in [-0.1, -0.05) is 35.1 Å². The molecule has 1 fully saturated rings. The highest BCUT2D eigenvalue weighted by molar-refractivity contribution is 7.21. The number of carbonyl (C=O) groups is 1. The molecule has 0 aliphatic carbocycles. The van der Waals surface area contributed by atoms with E-state index in [9.17, 15) is 4.79 Å². The minimum absolute atomic E-state index is 0.0237. The summed E-state index contributed by atoms with van der Waals surface area (Å²) >= 11 is 7.56. The van der Waals surface area contributed by atoms with E-state index in [2.05, 4.69) is 14.9 Å². The Bertz CT molecular complexity index is 930. The van der Waals surface area contributed by atoms with Gasteiger partial charge >= 0.3 is 0 Å². The molecule has 26 heavy (non-hydrogen) atoms. The maximum absolute atomic E-state index is 12.4. The topological polar surface area (TPSA) is 49.3 Å². The van der Waals surface area contributed by atoms with Crippen LogP contribution in [0.15, 0.2) is 48.7 Å². The van der Waals surface area contributed by atoms with Gasteiger partial charge in [0.2, 0.25) is 5.91 Å². The van der Waals surface area contributed by atoms with Crippen molar-refractivity contribution in [2.45, 2.75) is 0 Å². The fourth-order valence-corrected chi connectivity index (χ4v) is 4.05. The van der Waals surface area contributed by atoms with Crippen molar-refractivity contribution in [3.8, 4) is 0 Å². The van der Waals surface area contributed by atoms with Crippen LogP contribution in [0.25, 0.3) is 16.4 Å². The lowest BCUT2D eigenvalue weighted by molar-refractivity contribution is -0.126. The van der Waals surface area contributed by atoms with Gasteiger partial charge in [-0.2, -0.15) is 0 Å².